The SMILES string of the molecule is CCc1oc(C(=O)NCCc2cc(=O)[nH]c(C)n2)cc1CN1CCCC1. The van der Waals surface area contributed by atoms with Crippen LogP contribution in [0.25, 0.3) is 0 Å². The molecule has 0 radical (unpaired) electrons. The molecular weight excluding hydrogens is 332 g/mol. The molecule has 2 aromatic heterocycles. The van der Waals surface area contributed by atoms with Crippen LogP contribution in [-0.2, 0) is 19.4 Å². The number of aromatic nitrogens is 2. The van der Waals surface area contributed by atoms with Crippen LogP contribution in [0.2, 0.25) is 0 Å². The van der Waals surface area contributed by atoms with E-state index in [9.17, 15) is 9.59 Å². The highest BCUT2D eigenvalue weighted by Gasteiger charge is 2.19. The van der Waals surface area contributed by atoms with Gasteiger partial charge in [-0.2, -0.15) is 0 Å². The average molecular weight is 358 g/mol. The van der Waals surface area contributed by atoms with Gasteiger partial charge in [0.2, 0.25) is 0 Å². The molecule has 0 unspecified atom stereocenters. The maximum absolute atomic E-state index is 12.4. The molecule has 1 saturated heterocycles. The Labute approximate surface area is 152 Å². The fourth-order valence-corrected chi connectivity index (χ4v) is 3.35. The lowest BCUT2D eigenvalue weighted by Gasteiger charge is -2.13. The van der Waals surface area contributed by atoms with Crippen molar-refractivity contribution in [1.82, 2.24) is 20.2 Å². The lowest BCUT2D eigenvalue weighted by Crippen LogP contribution is -2.26. The van der Waals surface area contributed by atoms with Crippen molar-refractivity contribution in [3.63, 3.8) is 0 Å². The minimum Gasteiger partial charge on any atom is -0.456 e. The molecule has 3 rings (SSSR count). The third-order valence-electron chi connectivity index (χ3n) is 4.61. The molecule has 140 valence electrons. The lowest BCUT2D eigenvalue weighted by atomic mass is 10.2. The van der Waals surface area contributed by atoms with Crippen LogP contribution in [0.1, 0.15) is 53.2 Å². The van der Waals surface area contributed by atoms with Gasteiger partial charge in [-0.05, 0) is 38.9 Å². The highest BCUT2D eigenvalue weighted by atomic mass is 16.4. The molecule has 0 aromatic carbocycles. The number of hydrogen-bond donors (Lipinski definition) is 2. The van der Waals surface area contributed by atoms with Crippen molar-refractivity contribution in [2.75, 3.05) is 19.6 Å². The Morgan fingerprint density at radius 3 is 2.81 bits per heavy atom. The van der Waals surface area contributed by atoms with Gasteiger partial charge in [-0.15, -0.1) is 0 Å². The van der Waals surface area contributed by atoms with Crippen molar-refractivity contribution >= 4 is 5.91 Å². The molecule has 7 heteroatoms. The first-order valence-corrected chi connectivity index (χ1v) is 9.24. The molecule has 1 amide bonds. The van der Waals surface area contributed by atoms with Gasteiger partial charge in [0.1, 0.15) is 11.6 Å². The normalized spacial score (nSPS) is 14.7. The maximum Gasteiger partial charge on any atom is 0.287 e. The van der Waals surface area contributed by atoms with Gasteiger partial charge in [-0.25, -0.2) is 4.98 Å². The number of nitrogens with zero attached hydrogens (tertiary/aromatic N) is 2. The molecule has 1 aliphatic heterocycles. The topological polar surface area (TPSA) is 91.2 Å². The highest BCUT2D eigenvalue weighted by Crippen LogP contribution is 2.20. The van der Waals surface area contributed by atoms with E-state index >= 15 is 0 Å². The monoisotopic (exact) mass is 358 g/mol. The molecule has 0 spiro atoms. The summed E-state index contributed by atoms with van der Waals surface area (Å²) in [6.45, 7) is 7.24. The number of H-pyrrole nitrogens is 1. The summed E-state index contributed by atoms with van der Waals surface area (Å²) in [7, 11) is 0. The second-order valence-electron chi connectivity index (χ2n) is 6.72. The van der Waals surface area contributed by atoms with Crippen LogP contribution in [0, 0.1) is 6.92 Å². The van der Waals surface area contributed by atoms with E-state index in [0.717, 1.165) is 37.4 Å². The van der Waals surface area contributed by atoms with Crippen molar-refractivity contribution in [2.45, 2.75) is 46.1 Å². The number of aryl methyl sites for hydroxylation is 2. The molecule has 0 bridgehead atoms. The fourth-order valence-electron chi connectivity index (χ4n) is 3.35. The van der Waals surface area contributed by atoms with Crippen molar-refractivity contribution in [3.8, 4) is 0 Å². The van der Waals surface area contributed by atoms with Gasteiger partial charge in [0, 0.05) is 43.3 Å². The summed E-state index contributed by atoms with van der Waals surface area (Å²) in [6, 6.07) is 3.32. The number of amides is 1. The largest absolute Gasteiger partial charge is 0.456 e. The smallest absolute Gasteiger partial charge is 0.287 e. The summed E-state index contributed by atoms with van der Waals surface area (Å²) in [4.78, 5) is 33.1. The molecule has 2 N–H and O–H groups in total. The Kier molecular flexibility index (Phi) is 5.88. The van der Waals surface area contributed by atoms with E-state index in [2.05, 4.69) is 20.2 Å². The van der Waals surface area contributed by atoms with Crippen LogP contribution in [0.15, 0.2) is 21.3 Å². The number of nitrogens with one attached hydrogen (secondary N) is 2. The minimum absolute atomic E-state index is 0.177. The Morgan fingerprint density at radius 1 is 1.35 bits per heavy atom. The van der Waals surface area contributed by atoms with Crippen molar-refractivity contribution in [2.24, 2.45) is 0 Å². The van der Waals surface area contributed by atoms with Crippen LogP contribution in [0.3, 0.4) is 0 Å². The molecule has 1 aliphatic rings. The predicted molar refractivity (Wildman–Crippen MR) is 98.2 cm³/mol. The summed E-state index contributed by atoms with van der Waals surface area (Å²) >= 11 is 0. The summed E-state index contributed by atoms with van der Waals surface area (Å²) < 4.78 is 5.77. The average Bonchev–Trinajstić information content (AvgIpc) is 3.24. The van der Waals surface area contributed by atoms with Crippen LogP contribution in [0.4, 0.5) is 0 Å². The number of aromatic amines is 1. The highest BCUT2D eigenvalue weighted by molar-refractivity contribution is 5.91. The zero-order valence-electron chi connectivity index (χ0n) is 15.4. The molecule has 7 nitrogen and oxygen atoms in total. The number of hydrogen-bond acceptors (Lipinski definition) is 5. The van der Waals surface area contributed by atoms with Gasteiger partial charge < -0.3 is 14.7 Å². The van der Waals surface area contributed by atoms with E-state index in [0.29, 0.717) is 30.2 Å². The van der Waals surface area contributed by atoms with E-state index in [1.54, 1.807) is 6.92 Å². The fraction of sp³-hybridized carbons (Fsp3) is 0.526. The third-order valence-corrected chi connectivity index (χ3v) is 4.61. The van der Waals surface area contributed by atoms with E-state index < -0.39 is 0 Å². The molecule has 3 heterocycles. The van der Waals surface area contributed by atoms with Gasteiger partial charge in [-0.3, -0.25) is 14.5 Å². The zero-order chi connectivity index (χ0) is 18.5. The van der Waals surface area contributed by atoms with E-state index in [1.165, 1.54) is 18.9 Å². The van der Waals surface area contributed by atoms with Crippen molar-refractivity contribution in [1.29, 1.82) is 0 Å². The van der Waals surface area contributed by atoms with Gasteiger partial charge in [-0.1, -0.05) is 6.92 Å². The van der Waals surface area contributed by atoms with Crippen LogP contribution in [-0.4, -0.2) is 40.4 Å². The molecule has 0 aliphatic carbocycles. The van der Waals surface area contributed by atoms with E-state index in [1.807, 2.05) is 13.0 Å². The maximum atomic E-state index is 12.4. The van der Waals surface area contributed by atoms with Crippen molar-refractivity contribution in [3.05, 3.63) is 51.1 Å². The summed E-state index contributed by atoms with van der Waals surface area (Å²) in [5, 5.41) is 2.85. The summed E-state index contributed by atoms with van der Waals surface area (Å²) in [5.41, 5.74) is 1.59. The number of furan rings is 1. The Balaban J connectivity index is 1.58. The minimum atomic E-state index is -0.228. The standard InChI is InChI=1S/C19H26N4O3/c1-3-16-14(12-23-8-4-5-9-23)10-17(26-16)19(25)20-7-6-15-11-18(24)22-13(2)21-15/h10-11H,3-9,12H2,1-2H3,(H,20,25)(H,21,22,24). The van der Waals surface area contributed by atoms with Gasteiger partial charge in [0.25, 0.3) is 11.5 Å². The number of rotatable bonds is 7. The molecule has 0 saturated carbocycles. The van der Waals surface area contributed by atoms with Gasteiger partial charge >= 0.3 is 0 Å². The second kappa shape index (κ2) is 8.31. The Bertz CT molecular complexity index is 818. The van der Waals surface area contributed by atoms with Crippen LogP contribution in [0.5, 0.6) is 0 Å². The first-order valence-electron chi connectivity index (χ1n) is 9.24. The predicted octanol–water partition coefficient (Wildman–Crippen LogP) is 1.80. The van der Waals surface area contributed by atoms with E-state index in [-0.39, 0.29) is 11.5 Å². The zero-order valence-corrected chi connectivity index (χ0v) is 15.4. The molecule has 0 atom stereocenters. The Hall–Kier alpha value is -2.41. The first kappa shape index (κ1) is 18.4. The van der Waals surface area contributed by atoms with Crippen LogP contribution < -0.4 is 10.9 Å². The molecule has 2 aromatic rings. The second-order valence-corrected chi connectivity index (χ2v) is 6.72. The van der Waals surface area contributed by atoms with E-state index in [4.69, 9.17) is 4.42 Å². The first-order chi connectivity index (χ1) is 12.5. The van der Waals surface area contributed by atoms with Crippen LogP contribution >= 0.6 is 0 Å². The third kappa shape index (κ3) is 4.60. The van der Waals surface area contributed by atoms with Gasteiger partial charge in [0.15, 0.2) is 5.76 Å². The molecule has 26 heavy (non-hydrogen) atoms. The quantitative estimate of drug-likeness (QED) is 0.787. The van der Waals surface area contributed by atoms with Crippen molar-refractivity contribution < 1.29 is 9.21 Å². The summed E-state index contributed by atoms with van der Waals surface area (Å²) in [5.74, 6) is 1.58. The summed E-state index contributed by atoms with van der Waals surface area (Å²) in [6.07, 6.45) is 3.75. The number of likely N-dealkylation sites (tertiary alicyclic amines) is 1. The number of carbonyl (C=O) groups is 1. The van der Waals surface area contributed by atoms with Gasteiger partial charge in [0.05, 0.1) is 0 Å². The lowest BCUT2D eigenvalue weighted by molar-refractivity contribution is 0.0924. The molecule has 1 fully saturated rings. The molecular formula is C19H26N4O3. The Morgan fingerprint density at radius 2 is 2.12 bits per heavy atom. The number of carbonyl (C=O) groups excluding carboxylic acids is 1.